The van der Waals surface area contributed by atoms with E-state index in [-0.39, 0.29) is 0 Å². The number of anilines is 2. The fourth-order valence-electron chi connectivity index (χ4n) is 1.59. The van der Waals surface area contributed by atoms with Crippen molar-refractivity contribution in [1.82, 2.24) is 0 Å². The van der Waals surface area contributed by atoms with E-state index in [4.69, 9.17) is 17.3 Å². The summed E-state index contributed by atoms with van der Waals surface area (Å²) in [6.07, 6.45) is 0. The van der Waals surface area contributed by atoms with Gasteiger partial charge in [-0.3, -0.25) is 0 Å². The predicted molar refractivity (Wildman–Crippen MR) is 72.3 cm³/mol. The topological polar surface area (TPSA) is 29.3 Å². The molecule has 84 valence electrons. The minimum absolute atomic E-state index is 0.672. The molecule has 0 aliphatic rings. The molecule has 0 bridgehead atoms. The highest BCUT2D eigenvalue weighted by molar-refractivity contribution is 7.09. The van der Waals surface area contributed by atoms with E-state index in [0.717, 1.165) is 12.2 Å². The molecule has 4 heteroatoms. The zero-order valence-electron chi connectivity index (χ0n) is 8.98. The first-order valence-electron chi connectivity index (χ1n) is 4.95. The van der Waals surface area contributed by atoms with Crippen molar-refractivity contribution in [2.75, 3.05) is 17.7 Å². The molecule has 2 nitrogen and oxygen atoms in total. The second kappa shape index (κ2) is 4.76. The summed E-state index contributed by atoms with van der Waals surface area (Å²) in [5.74, 6) is 0. The number of rotatable bonds is 3. The van der Waals surface area contributed by atoms with Gasteiger partial charge in [-0.05, 0) is 29.6 Å². The number of nitrogens with zero attached hydrogens (tertiary/aromatic N) is 1. The zero-order chi connectivity index (χ0) is 11.5. The average molecular weight is 253 g/mol. The van der Waals surface area contributed by atoms with Gasteiger partial charge in [0.25, 0.3) is 0 Å². The van der Waals surface area contributed by atoms with Crippen LogP contribution < -0.4 is 10.6 Å². The summed E-state index contributed by atoms with van der Waals surface area (Å²) < 4.78 is 0. The van der Waals surface area contributed by atoms with E-state index in [1.54, 1.807) is 17.4 Å². The molecule has 16 heavy (non-hydrogen) atoms. The Labute approximate surface area is 104 Å². The lowest BCUT2D eigenvalue weighted by atomic mass is 10.2. The zero-order valence-corrected chi connectivity index (χ0v) is 10.6. The number of hydrogen-bond donors (Lipinski definition) is 1. The van der Waals surface area contributed by atoms with Crippen LogP contribution in [0.1, 0.15) is 4.88 Å². The highest BCUT2D eigenvalue weighted by atomic mass is 35.5. The van der Waals surface area contributed by atoms with Gasteiger partial charge in [-0.2, -0.15) is 0 Å². The standard InChI is InChI=1S/C12H13ClN2S/c1-15(8-10-3-2-6-16-10)12-5-4-9(13)7-11(12)14/h2-7H,8,14H2,1H3. The Morgan fingerprint density at radius 1 is 1.38 bits per heavy atom. The van der Waals surface area contributed by atoms with Crippen LogP contribution in [0, 0.1) is 0 Å². The van der Waals surface area contributed by atoms with Crippen molar-refractivity contribution in [2.45, 2.75) is 6.54 Å². The van der Waals surface area contributed by atoms with Gasteiger partial charge in [0.05, 0.1) is 17.9 Å². The lowest BCUT2D eigenvalue weighted by Crippen LogP contribution is -2.16. The van der Waals surface area contributed by atoms with Crippen LogP contribution in [0.25, 0.3) is 0 Å². The van der Waals surface area contributed by atoms with Crippen molar-refractivity contribution in [3.8, 4) is 0 Å². The van der Waals surface area contributed by atoms with Crippen LogP contribution in [-0.4, -0.2) is 7.05 Å². The molecule has 0 spiro atoms. The molecule has 2 aromatic rings. The van der Waals surface area contributed by atoms with E-state index < -0.39 is 0 Å². The quantitative estimate of drug-likeness (QED) is 0.846. The van der Waals surface area contributed by atoms with Crippen molar-refractivity contribution in [1.29, 1.82) is 0 Å². The Hall–Kier alpha value is -1.19. The van der Waals surface area contributed by atoms with Crippen LogP contribution in [0.3, 0.4) is 0 Å². The number of thiophene rings is 1. The average Bonchev–Trinajstić information content (AvgIpc) is 2.70. The summed E-state index contributed by atoms with van der Waals surface area (Å²) in [5.41, 5.74) is 7.65. The third-order valence-electron chi connectivity index (χ3n) is 2.37. The molecular formula is C12H13ClN2S. The molecule has 2 N–H and O–H groups in total. The number of nitrogens with two attached hydrogens (primary N) is 1. The molecule has 1 heterocycles. The predicted octanol–water partition coefficient (Wildman–Crippen LogP) is 3.62. The van der Waals surface area contributed by atoms with Gasteiger partial charge in [0.15, 0.2) is 0 Å². The Kier molecular flexibility index (Phi) is 3.36. The third-order valence-corrected chi connectivity index (χ3v) is 3.47. The molecule has 0 amide bonds. The van der Waals surface area contributed by atoms with Crippen LogP contribution in [0.2, 0.25) is 5.02 Å². The second-order valence-corrected chi connectivity index (χ2v) is 5.11. The summed E-state index contributed by atoms with van der Waals surface area (Å²) in [5, 5.41) is 2.75. The van der Waals surface area contributed by atoms with Crippen molar-refractivity contribution in [3.63, 3.8) is 0 Å². The fourth-order valence-corrected chi connectivity index (χ4v) is 2.53. The monoisotopic (exact) mass is 252 g/mol. The summed E-state index contributed by atoms with van der Waals surface area (Å²) in [4.78, 5) is 3.44. The van der Waals surface area contributed by atoms with Crippen molar-refractivity contribution in [2.24, 2.45) is 0 Å². The third kappa shape index (κ3) is 2.49. The van der Waals surface area contributed by atoms with Crippen LogP contribution in [0.5, 0.6) is 0 Å². The number of halogens is 1. The first kappa shape index (κ1) is 11.3. The maximum absolute atomic E-state index is 5.93. The SMILES string of the molecule is CN(Cc1cccs1)c1ccc(Cl)cc1N. The van der Waals surface area contributed by atoms with Crippen LogP contribution in [0.15, 0.2) is 35.7 Å². The van der Waals surface area contributed by atoms with Gasteiger partial charge in [0, 0.05) is 16.9 Å². The van der Waals surface area contributed by atoms with E-state index in [1.807, 2.05) is 19.2 Å². The lowest BCUT2D eigenvalue weighted by molar-refractivity contribution is 0.942. The Morgan fingerprint density at radius 3 is 2.81 bits per heavy atom. The van der Waals surface area contributed by atoms with Gasteiger partial charge in [-0.15, -0.1) is 11.3 Å². The molecule has 0 saturated heterocycles. The molecule has 0 atom stereocenters. The van der Waals surface area contributed by atoms with E-state index >= 15 is 0 Å². The molecule has 0 fully saturated rings. The molecular weight excluding hydrogens is 240 g/mol. The Bertz CT molecular complexity index is 468. The van der Waals surface area contributed by atoms with Gasteiger partial charge in [-0.25, -0.2) is 0 Å². The lowest BCUT2D eigenvalue weighted by Gasteiger charge is -2.20. The van der Waals surface area contributed by atoms with Crippen LogP contribution >= 0.6 is 22.9 Å². The van der Waals surface area contributed by atoms with E-state index in [2.05, 4.69) is 22.4 Å². The first-order valence-corrected chi connectivity index (χ1v) is 6.21. The summed E-state index contributed by atoms with van der Waals surface area (Å²) in [6, 6.07) is 9.76. The summed E-state index contributed by atoms with van der Waals surface area (Å²) >= 11 is 7.61. The minimum Gasteiger partial charge on any atom is -0.397 e. The van der Waals surface area contributed by atoms with Crippen LogP contribution in [-0.2, 0) is 6.54 Å². The second-order valence-electron chi connectivity index (χ2n) is 3.64. The molecule has 0 aliphatic heterocycles. The fraction of sp³-hybridized carbons (Fsp3) is 0.167. The van der Waals surface area contributed by atoms with Gasteiger partial charge in [-0.1, -0.05) is 17.7 Å². The smallest absolute Gasteiger partial charge is 0.0601 e. The molecule has 0 aliphatic carbocycles. The van der Waals surface area contributed by atoms with Gasteiger partial charge >= 0.3 is 0 Å². The highest BCUT2D eigenvalue weighted by Crippen LogP contribution is 2.27. The van der Waals surface area contributed by atoms with Crippen molar-refractivity contribution < 1.29 is 0 Å². The normalized spacial score (nSPS) is 10.4. The van der Waals surface area contributed by atoms with E-state index in [0.29, 0.717) is 10.7 Å². The minimum atomic E-state index is 0.672. The summed E-state index contributed by atoms with van der Waals surface area (Å²) in [6.45, 7) is 0.865. The molecule has 1 aromatic heterocycles. The molecule has 0 saturated carbocycles. The highest BCUT2D eigenvalue weighted by Gasteiger charge is 2.06. The maximum atomic E-state index is 5.93. The number of nitrogen functional groups attached to an aromatic ring is 1. The van der Waals surface area contributed by atoms with E-state index in [1.165, 1.54) is 4.88 Å². The first-order chi connectivity index (χ1) is 7.66. The summed E-state index contributed by atoms with van der Waals surface area (Å²) in [7, 11) is 2.03. The maximum Gasteiger partial charge on any atom is 0.0601 e. The van der Waals surface area contributed by atoms with Gasteiger partial charge < -0.3 is 10.6 Å². The van der Waals surface area contributed by atoms with E-state index in [9.17, 15) is 0 Å². The van der Waals surface area contributed by atoms with Crippen molar-refractivity contribution >= 4 is 34.3 Å². The number of benzene rings is 1. The molecule has 1 aromatic carbocycles. The van der Waals surface area contributed by atoms with Gasteiger partial charge in [0.2, 0.25) is 0 Å². The molecule has 0 radical (unpaired) electrons. The van der Waals surface area contributed by atoms with Gasteiger partial charge in [0.1, 0.15) is 0 Å². The Morgan fingerprint density at radius 2 is 2.19 bits per heavy atom. The molecule has 2 rings (SSSR count). The van der Waals surface area contributed by atoms with Crippen LogP contribution in [0.4, 0.5) is 11.4 Å². The van der Waals surface area contributed by atoms with Crippen molar-refractivity contribution in [3.05, 3.63) is 45.6 Å². The largest absolute Gasteiger partial charge is 0.397 e. The number of hydrogen-bond acceptors (Lipinski definition) is 3. The Balaban J connectivity index is 2.17. The molecule has 0 unspecified atom stereocenters.